The van der Waals surface area contributed by atoms with Gasteiger partial charge in [-0.05, 0) is 64.9 Å². The molecular weight excluding hydrogens is 403 g/mol. The van der Waals surface area contributed by atoms with Gasteiger partial charge in [-0.25, -0.2) is 0 Å². The first kappa shape index (κ1) is 14.0. The van der Waals surface area contributed by atoms with Crippen molar-refractivity contribution in [1.29, 1.82) is 0 Å². The zero-order valence-corrected chi connectivity index (χ0v) is 13.8. The lowest BCUT2D eigenvalue weighted by molar-refractivity contribution is 0.0575. The molecule has 0 aliphatic heterocycles. The predicted molar refractivity (Wildman–Crippen MR) is 86.6 cm³/mol. The number of halogens is 2. The molecule has 0 radical (unpaired) electrons. The Morgan fingerprint density at radius 3 is 2.44 bits per heavy atom. The maximum Gasteiger partial charge on any atom is 0.0909 e. The molecule has 94 valence electrons. The molecule has 0 amide bonds. The first-order valence-electron chi connectivity index (χ1n) is 5.70. The van der Waals surface area contributed by atoms with Crippen molar-refractivity contribution in [2.45, 2.75) is 18.9 Å². The summed E-state index contributed by atoms with van der Waals surface area (Å²) in [4.78, 5) is 0. The summed E-state index contributed by atoms with van der Waals surface area (Å²) < 4.78 is 2.20. The van der Waals surface area contributed by atoms with E-state index in [2.05, 4.69) is 62.8 Å². The number of hydrogen-bond donors (Lipinski definition) is 1. The average molecular weight is 417 g/mol. The van der Waals surface area contributed by atoms with Gasteiger partial charge in [-0.15, -0.1) is 0 Å². The van der Waals surface area contributed by atoms with Gasteiger partial charge in [-0.1, -0.05) is 40.2 Å². The zero-order chi connectivity index (χ0) is 13.2. The van der Waals surface area contributed by atoms with E-state index in [1.165, 1.54) is 3.57 Å². The molecule has 0 saturated carbocycles. The van der Waals surface area contributed by atoms with Crippen molar-refractivity contribution >= 4 is 38.5 Å². The molecule has 1 unspecified atom stereocenters. The van der Waals surface area contributed by atoms with Gasteiger partial charge in [0, 0.05) is 14.5 Å². The number of benzene rings is 2. The maximum absolute atomic E-state index is 10.6. The highest BCUT2D eigenvalue weighted by atomic mass is 127. The van der Waals surface area contributed by atoms with Crippen LogP contribution in [0.2, 0.25) is 0 Å². The largest absolute Gasteiger partial charge is 0.385 e. The molecule has 2 rings (SSSR count). The van der Waals surface area contributed by atoms with E-state index in [-0.39, 0.29) is 0 Å². The number of hydrogen-bond acceptors (Lipinski definition) is 1. The summed E-state index contributed by atoms with van der Waals surface area (Å²) in [7, 11) is 0. The van der Waals surface area contributed by atoms with E-state index in [1.807, 2.05) is 31.2 Å². The normalized spacial score (nSPS) is 14.2. The molecule has 0 bridgehead atoms. The van der Waals surface area contributed by atoms with Gasteiger partial charge in [0.05, 0.1) is 5.60 Å². The second-order valence-electron chi connectivity index (χ2n) is 4.59. The maximum atomic E-state index is 10.6. The fourth-order valence-corrected chi connectivity index (χ4v) is 2.68. The molecule has 1 atom stereocenters. The van der Waals surface area contributed by atoms with Crippen molar-refractivity contribution in [1.82, 2.24) is 0 Å². The average Bonchev–Trinajstić information content (AvgIpc) is 2.32. The highest BCUT2D eigenvalue weighted by molar-refractivity contribution is 14.1. The van der Waals surface area contributed by atoms with Crippen molar-refractivity contribution < 1.29 is 5.11 Å². The van der Waals surface area contributed by atoms with Crippen LogP contribution in [0.5, 0.6) is 0 Å². The Morgan fingerprint density at radius 2 is 1.83 bits per heavy atom. The van der Waals surface area contributed by atoms with Crippen LogP contribution < -0.4 is 0 Å². The van der Waals surface area contributed by atoms with Crippen LogP contribution in [0.1, 0.15) is 18.1 Å². The smallest absolute Gasteiger partial charge is 0.0909 e. The monoisotopic (exact) mass is 416 g/mol. The Kier molecular flexibility index (Phi) is 4.45. The van der Waals surface area contributed by atoms with E-state index in [9.17, 15) is 5.11 Å². The summed E-state index contributed by atoms with van der Waals surface area (Å²) in [6.07, 6.45) is 0.611. The van der Waals surface area contributed by atoms with Gasteiger partial charge in [-0.2, -0.15) is 0 Å². The molecule has 0 spiro atoms. The molecule has 1 N–H and O–H groups in total. The fourth-order valence-electron chi connectivity index (χ4n) is 1.93. The second-order valence-corrected chi connectivity index (χ2v) is 6.75. The molecular formula is C15H14BrIO. The van der Waals surface area contributed by atoms with Crippen LogP contribution in [-0.4, -0.2) is 5.11 Å². The standard InChI is InChI=1S/C15H14BrIO/c1-15(18,12-3-2-4-13(16)9-12)10-11-5-7-14(17)8-6-11/h2-9,18H,10H2,1H3. The van der Waals surface area contributed by atoms with Crippen molar-refractivity contribution in [2.24, 2.45) is 0 Å². The first-order valence-corrected chi connectivity index (χ1v) is 7.57. The topological polar surface area (TPSA) is 20.2 Å². The molecule has 0 aromatic heterocycles. The van der Waals surface area contributed by atoms with Gasteiger partial charge in [0.25, 0.3) is 0 Å². The van der Waals surface area contributed by atoms with Crippen LogP contribution in [0.4, 0.5) is 0 Å². The molecule has 0 heterocycles. The van der Waals surface area contributed by atoms with Crippen LogP contribution in [0.15, 0.2) is 53.0 Å². The summed E-state index contributed by atoms with van der Waals surface area (Å²) >= 11 is 5.72. The Hall–Kier alpha value is -0.390. The first-order chi connectivity index (χ1) is 8.47. The summed E-state index contributed by atoms with van der Waals surface area (Å²) in [5.41, 5.74) is 1.21. The molecule has 2 aromatic rings. The molecule has 0 aliphatic rings. The van der Waals surface area contributed by atoms with Crippen molar-refractivity contribution in [3.05, 3.63) is 67.7 Å². The summed E-state index contributed by atoms with van der Waals surface area (Å²) in [5, 5.41) is 10.6. The summed E-state index contributed by atoms with van der Waals surface area (Å²) in [6, 6.07) is 16.1. The summed E-state index contributed by atoms with van der Waals surface area (Å²) in [6.45, 7) is 1.85. The molecule has 0 saturated heterocycles. The molecule has 0 fully saturated rings. The van der Waals surface area contributed by atoms with Crippen LogP contribution in [-0.2, 0) is 12.0 Å². The second kappa shape index (κ2) is 5.72. The minimum Gasteiger partial charge on any atom is -0.385 e. The van der Waals surface area contributed by atoms with E-state index >= 15 is 0 Å². The Morgan fingerprint density at radius 1 is 1.17 bits per heavy atom. The van der Waals surface area contributed by atoms with Crippen LogP contribution in [0, 0.1) is 3.57 Å². The third-order valence-electron chi connectivity index (χ3n) is 2.91. The highest BCUT2D eigenvalue weighted by Gasteiger charge is 2.23. The Bertz CT molecular complexity index is 534. The molecule has 3 heteroatoms. The SMILES string of the molecule is CC(O)(Cc1ccc(I)cc1)c1cccc(Br)c1. The predicted octanol–water partition coefficient (Wildman–Crippen LogP) is 4.50. The third kappa shape index (κ3) is 3.56. The lowest BCUT2D eigenvalue weighted by Gasteiger charge is -2.24. The van der Waals surface area contributed by atoms with Gasteiger partial charge in [0.2, 0.25) is 0 Å². The van der Waals surface area contributed by atoms with Gasteiger partial charge < -0.3 is 5.11 Å². The van der Waals surface area contributed by atoms with Crippen LogP contribution in [0.25, 0.3) is 0 Å². The fraction of sp³-hybridized carbons (Fsp3) is 0.200. The lowest BCUT2D eigenvalue weighted by Crippen LogP contribution is -2.24. The van der Waals surface area contributed by atoms with Crippen molar-refractivity contribution in [3.63, 3.8) is 0 Å². The van der Waals surface area contributed by atoms with Crippen molar-refractivity contribution in [3.8, 4) is 0 Å². The lowest BCUT2D eigenvalue weighted by atomic mass is 9.89. The number of rotatable bonds is 3. The van der Waals surface area contributed by atoms with Crippen LogP contribution in [0.3, 0.4) is 0 Å². The van der Waals surface area contributed by atoms with Gasteiger partial charge >= 0.3 is 0 Å². The van der Waals surface area contributed by atoms with Gasteiger partial charge in [0.1, 0.15) is 0 Å². The molecule has 18 heavy (non-hydrogen) atoms. The number of aliphatic hydroxyl groups is 1. The third-order valence-corrected chi connectivity index (χ3v) is 4.12. The van der Waals surface area contributed by atoms with E-state index in [4.69, 9.17) is 0 Å². The molecule has 1 nitrogen and oxygen atoms in total. The summed E-state index contributed by atoms with van der Waals surface area (Å²) in [5.74, 6) is 0. The molecule has 0 aliphatic carbocycles. The minimum atomic E-state index is -0.851. The van der Waals surface area contributed by atoms with Crippen LogP contribution >= 0.6 is 38.5 Å². The van der Waals surface area contributed by atoms with E-state index < -0.39 is 5.60 Å². The van der Waals surface area contributed by atoms with E-state index in [1.54, 1.807) is 0 Å². The zero-order valence-electron chi connectivity index (χ0n) is 10.0. The van der Waals surface area contributed by atoms with E-state index in [0.717, 1.165) is 15.6 Å². The highest BCUT2D eigenvalue weighted by Crippen LogP contribution is 2.27. The Labute approximate surface area is 130 Å². The van der Waals surface area contributed by atoms with Gasteiger partial charge in [0.15, 0.2) is 0 Å². The quantitative estimate of drug-likeness (QED) is 0.730. The minimum absolute atomic E-state index is 0.611. The van der Waals surface area contributed by atoms with Crippen molar-refractivity contribution in [2.75, 3.05) is 0 Å². The van der Waals surface area contributed by atoms with E-state index in [0.29, 0.717) is 6.42 Å². The van der Waals surface area contributed by atoms with Gasteiger partial charge in [-0.3, -0.25) is 0 Å². The molecule has 2 aromatic carbocycles. The Balaban J connectivity index is 2.23.